The minimum atomic E-state index is 0.858. The summed E-state index contributed by atoms with van der Waals surface area (Å²) in [6, 6.07) is 1.98. The second-order valence-corrected chi connectivity index (χ2v) is 4.57. The van der Waals surface area contributed by atoms with Crippen LogP contribution >= 0.6 is 0 Å². The molecule has 0 fully saturated rings. The van der Waals surface area contributed by atoms with E-state index >= 15 is 0 Å². The third kappa shape index (κ3) is 4.01. The summed E-state index contributed by atoms with van der Waals surface area (Å²) in [6.45, 7) is 3.76. The van der Waals surface area contributed by atoms with E-state index in [-0.39, 0.29) is 0 Å². The Labute approximate surface area is 107 Å². The van der Waals surface area contributed by atoms with Crippen molar-refractivity contribution in [1.29, 1.82) is 0 Å². The Morgan fingerprint density at radius 1 is 1.44 bits per heavy atom. The molecule has 1 N–H and O–H groups in total. The molecule has 0 radical (unpaired) electrons. The summed E-state index contributed by atoms with van der Waals surface area (Å²) in [5.41, 5.74) is 2.43. The largest absolute Gasteiger partial charge is 0.472 e. The molecule has 0 saturated heterocycles. The summed E-state index contributed by atoms with van der Waals surface area (Å²) >= 11 is 0. The van der Waals surface area contributed by atoms with Crippen LogP contribution in [-0.2, 0) is 20.1 Å². The molecule has 0 unspecified atom stereocenters. The van der Waals surface area contributed by atoms with Gasteiger partial charge in [-0.2, -0.15) is 5.10 Å². The van der Waals surface area contributed by atoms with Crippen molar-refractivity contribution in [2.45, 2.75) is 13.1 Å². The van der Waals surface area contributed by atoms with Gasteiger partial charge in [-0.15, -0.1) is 0 Å². The molecule has 0 aliphatic carbocycles. The molecule has 5 heteroatoms. The number of furan rings is 1. The number of rotatable bonds is 7. The Morgan fingerprint density at radius 2 is 2.33 bits per heavy atom. The third-order valence-corrected chi connectivity index (χ3v) is 2.79. The number of nitrogens with one attached hydrogen (secondary N) is 1. The Morgan fingerprint density at radius 3 is 3.00 bits per heavy atom. The van der Waals surface area contributed by atoms with Crippen LogP contribution in [0.25, 0.3) is 0 Å². The fourth-order valence-electron chi connectivity index (χ4n) is 1.84. The van der Waals surface area contributed by atoms with Gasteiger partial charge in [0.1, 0.15) is 0 Å². The molecule has 0 bridgehead atoms. The molecule has 0 aromatic carbocycles. The molecule has 0 atom stereocenters. The lowest BCUT2D eigenvalue weighted by molar-refractivity contribution is 0.324. The zero-order valence-corrected chi connectivity index (χ0v) is 11.0. The topological polar surface area (TPSA) is 46.2 Å². The minimum Gasteiger partial charge on any atom is -0.472 e. The summed E-state index contributed by atoms with van der Waals surface area (Å²) in [5.74, 6) is 0. The molecule has 98 valence electrons. The molecule has 2 aromatic rings. The van der Waals surface area contributed by atoms with Gasteiger partial charge in [-0.25, -0.2) is 0 Å². The lowest BCUT2D eigenvalue weighted by Gasteiger charge is -2.15. The van der Waals surface area contributed by atoms with Gasteiger partial charge < -0.3 is 14.6 Å². The number of aromatic nitrogens is 2. The Bertz CT molecular complexity index is 449. The zero-order chi connectivity index (χ0) is 12.8. The van der Waals surface area contributed by atoms with Gasteiger partial charge in [0.2, 0.25) is 0 Å². The highest BCUT2D eigenvalue weighted by Crippen LogP contribution is 2.01. The lowest BCUT2D eigenvalue weighted by atomic mass is 10.3. The first-order valence-corrected chi connectivity index (χ1v) is 6.12. The monoisotopic (exact) mass is 248 g/mol. The fourth-order valence-corrected chi connectivity index (χ4v) is 1.84. The van der Waals surface area contributed by atoms with E-state index < -0.39 is 0 Å². The molecule has 0 spiro atoms. The average molecular weight is 248 g/mol. The molecule has 2 rings (SSSR count). The molecular weight excluding hydrogens is 228 g/mol. The smallest absolute Gasteiger partial charge is 0.0947 e. The Balaban J connectivity index is 1.61. The third-order valence-electron chi connectivity index (χ3n) is 2.79. The highest BCUT2D eigenvalue weighted by atomic mass is 16.3. The summed E-state index contributed by atoms with van der Waals surface area (Å²) < 4.78 is 6.85. The molecule has 0 amide bonds. The molecule has 2 aromatic heterocycles. The maximum atomic E-state index is 5.01. The van der Waals surface area contributed by atoms with E-state index in [1.54, 1.807) is 12.5 Å². The average Bonchev–Trinajstić information content (AvgIpc) is 2.96. The van der Waals surface area contributed by atoms with Crippen molar-refractivity contribution in [3.05, 3.63) is 42.1 Å². The molecule has 0 aliphatic rings. The summed E-state index contributed by atoms with van der Waals surface area (Å²) in [5, 5.41) is 7.55. The standard InChI is InChI=1S/C13H20N4O/c1-16(9-13-8-15-17(2)10-13)5-4-14-7-12-3-6-18-11-12/h3,6,8,10-11,14H,4-5,7,9H2,1-2H3. The van der Waals surface area contributed by atoms with Gasteiger partial charge in [0.15, 0.2) is 0 Å². The number of aryl methyl sites for hydroxylation is 1. The Kier molecular flexibility index (Phi) is 4.55. The number of hydrogen-bond acceptors (Lipinski definition) is 4. The summed E-state index contributed by atoms with van der Waals surface area (Å²) in [6.07, 6.45) is 7.43. The van der Waals surface area contributed by atoms with Crippen LogP contribution in [0.5, 0.6) is 0 Å². The van der Waals surface area contributed by atoms with Gasteiger partial charge in [0.05, 0.1) is 18.7 Å². The maximum absolute atomic E-state index is 5.01. The van der Waals surface area contributed by atoms with Crippen molar-refractivity contribution in [3.8, 4) is 0 Å². The maximum Gasteiger partial charge on any atom is 0.0947 e. The second kappa shape index (κ2) is 6.37. The fraction of sp³-hybridized carbons (Fsp3) is 0.462. The van der Waals surface area contributed by atoms with Crippen LogP contribution < -0.4 is 5.32 Å². The molecule has 18 heavy (non-hydrogen) atoms. The minimum absolute atomic E-state index is 0.858. The van der Waals surface area contributed by atoms with E-state index in [0.717, 1.165) is 26.2 Å². The van der Waals surface area contributed by atoms with Gasteiger partial charge in [0, 0.05) is 50.6 Å². The molecular formula is C13H20N4O. The van der Waals surface area contributed by atoms with E-state index in [9.17, 15) is 0 Å². The van der Waals surface area contributed by atoms with Crippen molar-refractivity contribution in [2.75, 3.05) is 20.1 Å². The molecule has 5 nitrogen and oxygen atoms in total. The first-order chi connectivity index (χ1) is 8.74. The van der Waals surface area contributed by atoms with Crippen molar-refractivity contribution >= 4 is 0 Å². The van der Waals surface area contributed by atoms with Crippen LogP contribution in [0.2, 0.25) is 0 Å². The van der Waals surface area contributed by atoms with Crippen molar-refractivity contribution < 1.29 is 4.42 Å². The van der Waals surface area contributed by atoms with E-state index in [4.69, 9.17) is 4.42 Å². The Hall–Kier alpha value is -1.59. The van der Waals surface area contributed by atoms with Crippen molar-refractivity contribution in [1.82, 2.24) is 20.0 Å². The van der Waals surface area contributed by atoms with E-state index in [0.29, 0.717) is 0 Å². The first kappa shape index (κ1) is 12.9. The SMILES string of the molecule is CN(CCNCc1ccoc1)Cc1cnn(C)c1. The predicted octanol–water partition coefficient (Wildman–Crippen LogP) is 1.23. The van der Waals surface area contributed by atoms with Crippen LogP contribution in [0.1, 0.15) is 11.1 Å². The summed E-state index contributed by atoms with van der Waals surface area (Å²) in [4.78, 5) is 2.28. The number of likely N-dealkylation sites (N-methyl/N-ethyl adjacent to an activating group) is 1. The van der Waals surface area contributed by atoms with Gasteiger partial charge in [-0.3, -0.25) is 4.68 Å². The highest BCUT2D eigenvalue weighted by Gasteiger charge is 2.02. The van der Waals surface area contributed by atoms with Crippen LogP contribution in [0.3, 0.4) is 0 Å². The highest BCUT2D eigenvalue weighted by molar-refractivity contribution is 5.04. The van der Waals surface area contributed by atoms with Gasteiger partial charge >= 0.3 is 0 Å². The predicted molar refractivity (Wildman–Crippen MR) is 70.0 cm³/mol. The number of hydrogen-bond donors (Lipinski definition) is 1. The summed E-state index contributed by atoms with van der Waals surface area (Å²) in [7, 11) is 4.06. The zero-order valence-electron chi connectivity index (χ0n) is 11.0. The van der Waals surface area contributed by atoms with Crippen LogP contribution in [-0.4, -0.2) is 34.8 Å². The van der Waals surface area contributed by atoms with Gasteiger partial charge in [-0.05, 0) is 13.1 Å². The van der Waals surface area contributed by atoms with Crippen LogP contribution in [0.4, 0.5) is 0 Å². The normalized spacial score (nSPS) is 11.3. The molecule has 2 heterocycles. The number of nitrogens with zero attached hydrogens (tertiary/aromatic N) is 3. The van der Waals surface area contributed by atoms with Gasteiger partial charge in [0.25, 0.3) is 0 Å². The van der Waals surface area contributed by atoms with Crippen LogP contribution in [0, 0.1) is 0 Å². The molecule has 0 saturated carbocycles. The van der Waals surface area contributed by atoms with Crippen LogP contribution in [0.15, 0.2) is 35.4 Å². The van der Waals surface area contributed by atoms with E-state index in [1.807, 2.05) is 24.0 Å². The van der Waals surface area contributed by atoms with Crippen molar-refractivity contribution in [3.63, 3.8) is 0 Å². The molecule has 0 aliphatic heterocycles. The second-order valence-electron chi connectivity index (χ2n) is 4.57. The van der Waals surface area contributed by atoms with Gasteiger partial charge in [-0.1, -0.05) is 0 Å². The first-order valence-electron chi connectivity index (χ1n) is 6.12. The lowest BCUT2D eigenvalue weighted by Crippen LogP contribution is -2.28. The van der Waals surface area contributed by atoms with Crippen molar-refractivity contribution in [2.24, 2.45) is 7.05 Å². The van der Waals surface area contributed by atoms with E-state index in [2.05, 4.69) is 28.6 Å². The van der Waals surface area contributed by atoms with E-state index in [1.165, 1.54) is 11.1 Å². The quantitative estimate of drug-likeness (QED) is 0.749.